The molecule has 1 amide bonds. The maximum atomic E-state index is 13.2. The molecule has 3 rings (SSSR count). The first-order valence-electron chi connectivity index (χ1n) is 9.78. The minimum absolute atomic E-state index is 0.108. The fraction of sp³-hybridized carbons (Fsp3) is 0.455. The van der Waals surface area contributed by atoms with E-state index in [1.807, 2.05) is 18.4 Å². The van der Waals surface area contributed by atoms with Crippen LogP contribution >= 0.6 is 0 Å². The molecule has 0 aliphatic carbocycles. The van der Waals surface area contributed by atoms with Crippen LogP contribution in [0.1, 0.15) is 48.6 Å². The molecule has 1 N–H and O–H groups in total. The van der Waals surface area contributed by atoms with E-state index in [9.17, 15) is 14.4 Å². The molecule has 0 spiro atoms. The quantitative estimate of drug-likeness (QED) is 0.851. The number of nitriles is 1. The van der Waals surface area contributed by atoms with Crippen molar-refractivity contribution in [2.75, 3.05) is 18.4 Å². The lowest BCUT2D eigenvalue weighted by Crippen LogP contribution is -2.42. The Bertz CT molecular complexity index is 895. The monoisotopic (exact) mass is 382 g/mol. The average molecular weight is 382 g/mol. The van der Waals surface area contributed by atoms with Crippen molar-refractivity contribution in [3.05, 3.63) is 52.5 Å². The SMILES string of the molecule is Cc1c(C#N)c(NC(=O)CN2CCCCC2C)n(Cc2ccc(F)cc2)c1C. The molecule has 1 aromatic heterocycles. The molecule has 2 aromatic rings. The summed E-state index contributed by atoms with van der Waals surface area (Å²) in [7, 11) is 0. The van der Waals surface area contributed by atoms with E-state index < -0.39 is 0 Å². The third-order valence-electron chi connectivity index (χ3n) is 5.74. The number of rotatable bonds is 5. The summed E-state index contributed by atoms with van der Waals surface area (Å²) in [6.07, 6.45) is 3.42. The number of amides is 1. The van der Waals surface area contributed by atoms with Crippen LogP contribution in [0.15, 0.2) is 24.3 Å². The van der Waals surface area contributed by atoms with Gasteiger partial charge in [0.25, 0.3) is 0 Å². The molecule has 0 bridgehead atoms. The molecule has 1 aromatic carbocycles. The largest absolute Gasteiger partial charge is 0.326 e. The molecule has 1 saturated heterocycles. The number of anilines is 1. The summed E-state index contributed by atoms with van der Waals surface area (Å²) in [5, 5.41) is 12.6. The maximum Gasteiger partial charge on any atom is 0.239 e. The second kappa shape index (κ2) is 8.57. The molecule has 1 atom stereocenters. The highest BCUT2D eigenvalue weighted by Gasteiger charge is 2.23. The number of benzene rings is 1. The number of nitrogens with one attached hydrogen (secondary N) is 1. The van der Waals surface area contributed by atoms with Crippen molar-refractivity contribution in [2.24, 2.45) is 0 Å². The molecule has 2 heterocycles. The van der Waals surface area contributed by atoms with E-state index in [4.69, 9.17) is 0 Å². The Kier molecular flexibility index (Phi) is 6.15. The Morgan fingerprint density at radius 3 is 2.64 bits per heavy atom. The molecule has 1 aliphatic rings. The summed E-state index contributed by atoms with van der Waals surface area (Å²) in [5.41, 5.74) is 3.16. The van der Waals surface area contributed by atoms with Crippen LogP contribution in [0.3, 0.4) is 0 Å². The summed E-state index contributed by atoms with van der Waals surface area (Å²) in [4.78, 5) is 14.9. The molecule has 5 nitrogen and oxygen atoms in total. The van der Waals surface area contributed by atoms with Gasteiger partial charge in [0.15, 0.2) is 0 Å². The van der Waals surface area contributed by atoms with Gasteiger partial charge < -0.3 is 9.88 Å². The topological polar surface area (TPSA) is 61.1 Å². The highest BCUT2D eigenvalue weighted by atomic mass is 19.1. The molecule has 148 valence electrons. The normalized spacial score (nSPS) is 17.3. The van der Waals surface area contributed by atoms with Crippen molar-refractivity contribution < 1.29 is 9.18 Å². The van der Waals surface area contributed by atoms with E-state index in [1.165, 1.54) is 18.6 Å². The van der Waals surface area contributed by atoms with Crippen LogP contribution in [-0.4, -0.2) is 34.5 Å². The van der Waals surface area contributed by atoms with E-state index in [0.29, 0.717) is 30.5 Å². The lowest BCUT2D eigenvalue weighted by atomic mass is 10.0. The number of likely N-dealkylation sites (tertiary alicyclic amines) is 1. The minimum Gasteiger partial charge on any atom is -0.326 e. The van der Waals surface area contributed by atoms with Crippen molar-refractivity contribution in [1.29, 1.82) is 5.26 Å². The number of carbonyl (C=O) groups is 1. The van der Waals surface area contributed by atoms with Crippen LogP contribution in [0, 0.1) is 31.0 Å². The van der Waals surface area contributed by atoms with Crippen LogP contribution in [0.25, 0.3) is 0 Å². The zero-order valence-corrected chi connectivity index (χ0v) is 16.8. The third-order valence-corrected chi connectivity index (χ3v) is 5.74. The van der Waals surface area contributed by atoms with Crippen molar-refractivity contribution in [1.82, 2.24) is 9.47 Å². The van der Waals surface area contributed by atoms with E-state index >= 15 is 0 Å². The Morgan fingerprint density at radius 1 is 1.29 bits per heavy atom. The van der Waals surface area contributed by atoms with Crippen molar-refractivity contribution in [3.63, 3.8) is 0 Å². The first-order chi connectivity index (χ1) is 13.4. The van der Waals surface area contributed by atoms with Gasteiger partial charge in [0, 0.05) is 18.3 Å². The number of piperidine rings is 1. The summed E-state index contributed by atoms with van der Waals surface area (Å²) >= 11 is 0. The third kappa shape index (κ3) is 4.26. The van der Waals surface area contributed by atoms with Gasteiger partial charge in [-0.3, -0.25) is 9.69 Å². The van der Waals surface area contributed by atoms with Crippen LogP contribution in [0.4, 0.5) is 10.2 Å². The van der Waals surface area contributed by atoms with E-state index in [-0.39, 0.29) is 11.7 Å². The van der Waals surface area contributed by atoms with E-state index in [2.05, 4.69) is 23.2 Å². The summed E-state index contributed by atoms with van der Waals surface area (Å²) in [6, 6.07) is 8.90. The second-order valence-corrected chi connectivity index (χ2v) is 7.62. The minimum atomic E-state index is -0.286. The fourth-order valence-corrected chi connectivity index (χ4v) is 3.85. The Balaban J connectivity index is 1.84. The molecule has 0 saturated carbocycles. The van der Waals surface area contributed by atoms with Crippen LogP contribution in [-0.2, 0) is 11.3 Å². The number of nitrogens with zero attached hydrogens (tertiary/aromatic N) is 3. The molecule has 1 aliphatic heterocycles. The summed E-state index contributed by atoms with van der Waals surface area (Å²) in [6.45, 7) is 7.68. The molecule has 1 unspecified atom stereocenters. The zero-order chi connectivity index (χ0) is 20.3. The zero-order valence-electron chi connectivity index (χ0n) is 16.8. The standard InChI is InChI=1S/C22H27FN4O/c1-15-6-4-5-11-26(15)14-21(28)25-22-20(12-24)16(2)17(3)27(22)13-18-7-9-19(23)10-8-18/h7-10,15H,4-6,11,13-14H2,1-3H3,(H,25,28). The van der Waals surface area contributed by atoms with Crippen molar-refractivity contribution in [3.8, 4) is 6.07 Å². The number of hydrogen-bond donors (Lipinski definition) is 1. The van der Waals surface area contributed by atoms with Gasteiger partial charge in [-0.25, -0.2) is 4.39 Å². The van der Waals surface area contributed by atoms with E-state index in [1.54, 1.807) is 12.1 Å². The van der Waals surface area contributed by atoms with Crippen LogP contribution in [0.5, 0.6) is 0 Å². The second-order valence-electron chi connectivity index (χ2n) is 7.62. The number of carbonyl (C=O) groups excluding carboxylic acids is 1. The van der Waals surface area contributed by atoms with E-state index in [0.717, 1.165) is 36.2 Å². The van der Waals surface area contributed by atoms with Crippen molar-refractivity contribution >= 4 is 11.7 Å². The first kappa shape index (κ1) is 20.1. The van der Waals surface area contributed by atoms with Gasteiger partial charge in [-0.1, -0.05) is 18.6 Å². The van der Waals surface area contributed by atoms with Gasteiger partial charge >= 0.3 is 0 Å². The Morgan fingerprint density at radius 2 is 2.00 bits per heavy atom. The first-order valence-corrected chi connectivity index (χ1v) is 9.78. The number of aromatic nitrogens is 1. The van der Waals surface area contributed by atoms with Gasteiger partial charge in [0.05, 0.1) is 12.1 Å². The number of hydrogen-bond acceptors (Lipinski definition) is 3. The van der Waals surface area contributed by atoms with Gasteiger partial charge in [-0.05, 0) is 63.4 Å². The van der Waals surface area contributed by atoms with Crippen LogP contribution in [0.2, 0.25) is 0 Å². The lowest BCUT2D eigenvalue weighted by molar-refractivity contribution is -0.118. The number of halogens is 1. The molecule has 0 radical (unpaired) electrons. The molecule has 28 heavy (non-hydrogen) atoms. The highest BCUT2D eigenvalue weighted by molar-refractivity contribution is 5.93. The van der Waals surface area contributed by atoms with Gasteiger partial charge in [0.1, 0.15) is 17.7 Å². The van der Waals surface area contributed by atoms with Gasteiger partial charge in [0.2, 0.25) is 5.91 Å². The summed E-state index contributed by atoms with van der Waals surface area (Å²) < 4.78 is 15.2. The Labute approximate surface area is 165 Å². The van der Waals surface area contributed by atoms with Crippen molar-refractivity contribution in [2.45, 2.75) is 52.6 Å². The molecular weight excluding hydrogens is 355 g/mol. The fourth-order valence-electron chi connectivity index (χ4n) is 3.85. The lowest BCUT2D eigenvalue weighted by Gasteiger charge is -2.32. The molecule has 6 heteroatoms. The molecular formula is C22H27FN4O. The predicted octanol–water partition coefficient (Wildman–Crippen LogP) is 3.98. The smallest absolute Gasteiger partial charge is 0.239 e. The van der Waals surface area contributed by atoms with Gasteiger partial charge in [-0.2, -0.15) is 5.26 Å². The molecule has 1 fully saturated rings. The average Bonchev–Trinajstić information content (AvgIpc) is 2.89. The Hall–Kier alpha value is -2.65. The highest BCUT2D eigenvalue weighted by Crippen LogP contribution is 2.27. The summed E-state index contributed by atoms with van der Waals surface area (Å²) in [5.74, 6) is 0.130. The van der Waals surface area contributed by atoms with Crippen LogP contribution < -0.4 is 5.32 Å². The predicted molar refractivity (Wildman–Crippen MR) is 108 cm³/mol. The maximum absolute atomic E-state index is 13.2. The van der Waals surface area contributed by atoms with Gasteiger partial charge in [-0.15, -0.1) is 0 Å².